The molecule has 0 radical (unpaired) electrons. The van der Waals surface area contributed by atoms with Crippen molar-refractivity contribution in [1.29, 1.82) is 0 Å². The van der Waals surface area contributed by atoms with E-state index in [2.05, 4.69) is 27.6 Å². The van der Waals surface area contributed by atoms with E-state index in [9.17, 15) is 0 Å². The summed E-state index contributed by atoms with van der Waals surface area (Å²) >= 11 is 0. The topological polar surface area (TPSA) is 42.7 Å². The molecule has 0 aromatic carbocycles. The summed E-state index contributed by atoms with van der Waals surface area (Å²) in [7, 11) is 1.92. The third-order valence-electron chi connectivity index (χ3n) is 2.59. The molecule has 2 rings (SSSR count). The van der Waals surface area contributed by atoms with Crippen molar-refractivity contribution in [3.05, 3.63) is 24.3 Å². The highest BCUT2D eigenvalue weighted by atomic mass is 15.3. The van der Waals surface area contributed by atoms with Crippen LogP contribution in [-0.4, -0.2) is 27.4 Å². The van der Waals surface area contributed by atoms with Crippen LogP contribution in [0, 0.1) is 0 Å². The van der Waals surface area contributed by atoms with Crippen molar-refractivity contribution in [2.75, 3.05) is 6.54 Å². The predicted molar refractivity (Wildman–Crippen MR) is 59.5 cm³/mol. The summed E-state index contributed by atoms with van der Waals surface area (Å²) < 4.78 is 1.81. The molecule has 1 heterocycles. The molecule has 1 N–H and O–H groups in total. The summed E-state index contributed by atoms with van der Waals surface area (Å²) in [5.41, 5.74) is 0. The Morgan fingerprint density at radius 2 is 2.40 bits per heavy atom. The highest BCUT2D eigenvalue weighted by molar-refractivity contribution is 4.95. The lowest BCUT2D eigenvalue weighted by Gasteiger charge is -1.97. The molecule has 82 valence electrons. The zero-order chi connectivity index (χ0) is 10.5. The molecule has 0 amide bonds. The molecule has 1 saturated carbocycles. The zero-order valence-corrected chi connectivity index (χ0v) is 9.19. The van der Waals surface area contributed by atoms with Crippen LogP contribution in [0.2, 0.25) is 0 Å². The van der Waals surface area contributed by atoms with Crippen LogP contribution in [0.4, 0.5) is 0 Å². The van der Waals surface area contributed by atoms with Crippen molar-refractivity contribution in [1.82, 2.24) is 20.1 Å². The quantitative estimate of drug-likeness (QED) is 0.559. The molecule has 0 saturated heterocycles. The van der Waals surface area contributed by atoms with Crippen LogP contribution in [0.1, 0.15) is 25.1 Å². The lowest BCUT2D eigenvalue weighted by Crippen LogP contribution is -2.16. The Morgan fingerprint density at radius 1 is 1.53 bits per heavy atom. The second-order valence-corrected chi connectivity index (χ2v) is 3.99. The summed E-state index contributed by atoms with van der Waals surface area (Å²) in [6.07, 6.45) is 10.7. The molecule has 4 nitrogen and oxygen atoms in total. The smallest absolute Gasteiger partial charge is 0.138 e. The molecule has 0 aliphatic heterocycles. The Hall–Kier alpha value is -1.16. The Labute approximate surface area is 90.4 Å². The van der Waals surface area contributed by atoms with E-state index in [1.165, 1.54) is 12.8 Å². The molecule has 1 fully saturated rings. The van der Waals surface area contributed by atoms with Gasteiger partial charge in [0.2, 0.25) is 0 Å². The highest BCUT2D eigenvalue weighted by Crippen LogP contribution is 2.18. The van der Waals surface area contributed by atoms with Gasteiger partial charge in [0.25, 0.3) is 0 Å². The maximum Gasteiger partial charge on any atom is 0.138 e. The Balaban J connectivity index is 1.60. The first kappa shape index (κ1) is 10.4. The van der Waals surface area contributed by atoms with Crippen LogP contribution in [-0.2, 0) is 13.5 Å². The fourth-order valence-electron chi connectivity index (χ4n) is 1.47. The number of rotatable bonds is 6. The number of nitrogens with one attached hydrogen (secondary N) is 1. The Bertz CT molecular complexity index is 325. The molecule has 15 heavy (non-hydrogen) atoms. The summed E-state index contributed by atoms with van der Waals surface area (Å²) in [4.78, 5) is 4.16. The van der Waals surface area contributed by atoms with E-state index in [-0.39, 0.29) is 0 Å². The van der Waals surface area contributed by atoms with Crippen molar-refractivity contribution in [2.24, 2.45) is 7.05 Å². The first-order chi connectivity index (χ1) is 7.36. The third-order valence-corrected chi connectivity index (χ3v) is 2.59. The summed E-state index contributed by atoms with van der Waals surface area (Å²) in [6, 6.07) is 0.817. The Kier molecular flexibility index (Phi) is 3.50. The molecule has 0 spiro atoms. The van der Waals surface area contributed by atoms with Crippen molar-refractivity contribution < 1.29 is 0 Å². The van der Waals surface area contributed by atoms with Gasteiger partial charge in [0, 0.05) is 19.5 Å². The van der Waals surface area contributed by atoms with Crippen LogP contribution >= 0.6 is 0 Å². The van der Waals surface area contributed by atoms with Gasteiger partial charge in [-0.15, -0.1) is 0 Å². The second kappa shape index (κ2) is 5.07. The van der Waals surface area contributed by atoms with Crippen molar-refractivity contribution in [3.63, 3.8) is 0 Å². The van der Waals surface area contributed by atoms with Crippen LogP contribution < -0.4 is 5.32 Å². The lowest BCUT2D eigenvalue weighted by molar-refractivity contribution is 0.688. The highest BCUT2D eigenvalue weighted by Gasteiger charge is 2.19. The maximum atomic E-state index is 4.16. The molecule has 4 heteroatoms. The minimum absolute atomic E-state index is 0.817. The van der Waals surface area contributed by atoms with Crippen molar-refractivity contribution in [3.8, 4) is 0 Å². The standard InChI is InChI=1S/C11H18N4/c1-15-11(13-9-14-15)5-3-2-4-8-12-10-6-7-10/h2-3,9-10,12H,4-8H2,1H3. The average Bonchev–Trinajstić information content (AvgIpc) is 2.96. The molecule has 0 atom stereocenters. The van der Waals surface area contributed by atoms with E-state index >= 15 is 0 Å². The average molecular weight is 206 g/mol. The first-order valence-electron chi connectivity index (χ1n) is 5.57. The molecule has 0 unspecified atom stereocenters. The van der Waals surface area contributed by atoms with Crippen molar-refractivity contribution >= 4 is 0 Å². The summed E-state index contributed by atoms with van der Waals surface area (Å²) in [5.74, 6) is 1.02. The van der Waals surface area contributed by atoms with E-state index in [4.69, 9.17) is 0 Å². The van der Waals surface area contributed by atoms with Crippen LogP contribution in [0.3, 0.4) is 0 Å². The van der Waals surface area contributed by atoms with Crippen molar-refractivity contribution in [2.45, 2.75) is 31.7 Å². The van der Waals surface area contributed by atoms with Gasteiger partial charge in [-0.25, -0.2) is 4.98 Å². The number of nitrogens with zero attached hydrogens (tertiary/aromatic N) is 3. The molecule has 1 aliphatic carbocycles. The van der Waals surface area contributed by atoms with E-state index in [0.717, 1.165) is 31.3 Å². The number of aromatic nitrogens is 3. The molecular weight excluding hydrogens is 188 g/mol. The third kappa shape index (κ3) is 3.47. The second-order valence-electron chi connectivity index (χ2n) is 3.99. The molecule has 1 aromatic heterocycles. The number of allylic oxidation sites excluding steroid dienone is 1. The minimum atomic E-state index is 0.817. The fraction of sp³-hybridized carbons (Fsp3) is 0.636. The maximum absolute atomic E-state index is 4.16. The monoisotopic (exact) mass is 206 g/mol. The number of hydrogen-bond donors (Lipinski definition) is 1. The van der Waals surface area contributed by atoms with E-state index in [0.29, 0.717) is 0 Å². The van der Waals surface area contributed by atoms with Gasteiger partial charge < -0.3 is 5.32 Å². The zero-order valence-electron chi connectivity index (χ0n) is 9.19. The Morgan fingerprint density at radius 3 is 3.07 bits per heavy atom. The first-order valence-corrected chi connectivity index (χ1v) is 5.57. The number of aryl methyl sites for hydroxylation is 1. The van der Waals surface area contributed by atoms with Gasteiger partial charge in [-0.2, -0.15) is 5.10 Å². The van der Waals surface area contributed by atoms with Gasteiger partial charge in [0.15, 0.2) is 0 Å². The minimum Gasteiger partial charge on any atom is -0.314 e. The van der Waals surface area contributed by atoms with E-state index in [1.807, 2.05) is 11.7 Å². The molecule has 1 aliphatic rings. The largest absolute Gasteiger partial charge is 0.314 e. The lowest BCUT2D eigenvalue weighted by atomic mass is 10.3. The van der Waals surface area contributed by atoms with Gasteiger partial charge in [-0.3, -0.25) is 4.68 Å². The van der Waals surface area contributed by atoms with Gasteiger partial charge in [-0.1, -0.05) is 12.2 Å². The van der Waals surface area contributed by atoms with Gasteiger partial charge in [-0.05, 0) is 25.8 Å². The van der Waals surface area contributed by atoms with Crippen LogP contribution in [0.5, 0.6) is 0 Å². The normalized spacial score (nSPS) is 16.3. The predicted octanol–water partition coefficient (Wildman–Crippen LogP) is 1.06. The fourth-order valence-corrected chi connectivity index (χ4v) is 1.47. The summed E-state index contributed by atoms with van der Waals surface area (Å²) in [6.45, 7) is 1.10. The van der Waals surface area contributed by atoms with E-state index in [1.54, 1.807) is 6.33 Å². The van der Waals surface area contributed by atoms with Gasteiger partial charge in [0.1, 0.15) is 12.2 Å². The summed E-state index contributed by atoms with van der Waals surface area (Å²) in [5, 5.41) is 7.50. The van der Waals surface area contributed by atoms with Gasteiger partial charge in [0.05, 0.1) is 0 Å². The van der Waals surface area contributed by atoms with E-state index < -0.39 is 0 Å². The van der Waals surface area contributed by atoms with Gasteiger partial charge >= 0.3 is 0 Å². The SMILES string of the molecule is Cn1ncnc1CC=CCCNC1CC1. The molecular formula is C11H18N4. The molecule has 1 aromatic rings. The van der Waals surface area contributed by atoms with Crippen LogP contribution in [0.15, 0.2) is 18.5 Å². The van der Waals surface area contributed by atoms with Crippen LogP contribution in [0.25, 0.3) is 0 Å². The number of hydrogen-bond acceptors (Lipinski definition) is 3. The molecule has 0 bridgehead atoms.